The fraction of sp³-hybridized carbons (Fsp3) is 0.462. The third-order valence-electron chi connectivity index (χ3n) is 2.90. The number of carboxylic acids is 1. The van der Waals surface area contributed by atoms with E-state index in [0.29, 0.717) is 5.56 Å². The van der Waals surface area contributed by atoms with Crippen LogP contribution >= 0.6 is 0 Å². The molecule has 1 aliphatic rings. The van der Waals surface area contributed by atoms with Crippen LogP contribution in [0.2, 0.25) is 0 Å². The number of ether oxygens (including phenoxy) is 1. The maximum atomic E-state index is 10.8. The molecule has 1 aromatic rings. The van der Waals surface area contributed by atoms with Gasteiger partial charge in [-0.05, 0) is 38.1 Å². The van der Waals surface area contributed by atoms with E-state index in [4.69, 9.17) is 9.84 Å². The monoisotopic (exact) mass is 235 g/mol. The molecule has 0 amide bonds. The number of anilines is 1. The standard InChI is InChI=1S/C13H17NO3/c1-9-7-14(8-10(2)17-9)12-5-3-11(4-6-12)13(15)16/h3-6,9-10H,7-8H2,1-2H3,(H,15,16)/t9-,10-/m0/s1. The summed E-state index contributed by atoms with van der Waals surface area (Å²) in [6.45, 7) is 5.79. The van der Waals surface area contributed by atoms with Crippen LogP contribution in [0.1, 0.15) is 24.2 Å². The van der Waals surface area contributed by atoms with Gasteiger partial charge in [0, 0.05) is 18.8 Å². The van der Waals surface area contributed by atoms with Crippen LogP contribution < -0.4 is 4.90 Å². The van der Waals surface area contributed by atoms with Gasteiger partial charge in [0.1, 0.15) is 0 Å². The van der Waals surface area contributed by atoms with Gasteiger partial charge in [-0.15, -0.1) is 0 Å². The Bertz CT molecular complexity index is 392. The summed E-state index contributed by atoms with van der Waals surface area (Å²) in [5.74, 6) is -0.889. The number of rotatable bonds is 2. The average molecular weight is 235 g/mol. The zero-order valence-electron chi connectivity index (χ0n) is 10.1. The number of nitrogens with zero attached hydrogens (tertiary/aromatic N) is 1. The number of aromatic carboxylic acids is 1. The third-order valence-corrected chi connectivity index (χ3v) is 2.90. The van der Waals surface area contributed by atoms with E-state index in [-0.39, 0.29) is 12.2 Å². The molecule has 0 spiro atoms. The topological polar surface area (TPSA) is 49.8 Å². The Morgan fingerprint density at radius 2 is 1.76 bits per heavy atom. The van der Waals surface area contributed by atoms with Crippen molar-refractivity contribution >= 4 is 11.7 Å². The van der Waals surface area contributed by atoms with Crippen molar-refractivity contribution in [2.45, 2.75) is 26.1 Å². The first-order valence-electron chi connectivity index (χ1n) is 5.80. The highest BCUT2D eigenvalue weighted by Gasteiger charge is 2.22. The predicted molar refractivity (Wildman–Crippen MR) is 65.6 cm³/mol. The minimum Gasteiger partial charge on any atom is -0.478 e. The lowest BCUT2D eigenvalue weighted by Crippen LogP contribution is -2.45. The second-order valence-electron chi connectivity index (χ2n) is 4.51. The van der Waals surface area contributed by atoms with E-state index >= 15 is 0 Å². The van der Waals surface area contributed by atoms with Crippen LogP contribution in [-0.2, 0) is 4.74 Å². The number of carboxylic acid groups (broad SMARTS) is 1. The summed E-state index contributed by atoms with van der Waals surface area (Å²) in [6.07, 6.45) is 0.413. The van der Waals surface area contributed by atoms with E-state index in [1.54, 1.807) is 12.1 Å². The largest absolute Gasteiger partial charge is 0.478 e. The fourth-order valence-corrected chi connectivity index (χ4v) is 2.20. The minimum atomic E-state index is -0.889. The Morgan fingerprint density at radius 3 is 2.24 bits per heavy atom. The zero-order valence-corrected chi connectivity index (χ0v) is 10.1. The Balaban J connectivity index is 2.14. The zero-order chi connectivity index (χ0) is 12.4. The summed E-state index contributed by atoms with van der Waals surface area (Å²) in [5, 5.41) is 8.84. The summed E-state index contributed by atoms with van der Waals surface area (Å²) in [4.78, 5) is 13.0. The van der Waals surface area contributed by atoms with E-state index in [2.05, 4.69) is 4.90 Å². The summed E-state index contributed by atoms with van der Waals surface area (Å²) in [7, 11) is 0. The third kappa shape index (κ3) is 2.77. The van der Waals surface area contributed by atoms with E-state index < -0.39 is 5.97 Å². The first kappa shape index (κ1) is 11.9. The molecule has 2 atom stereocenters. The van der Waals surface area contributed by atoms with Gasteiger partial charge in [0.05, 0.1) is 17.8 Å². The van der Waals surface area contributed by atoms with Crippen molar-refractivity contribution in [3.8, 4) is 0 Å². The van der Waals surface area contributed by atoms with Gasteiger partial charge in [-0.25, -0.2) is 4.79 Å². The Hall–Kier alpha value is -1.55. The molecule has 2 rings (SSSR count). The van der Waals surface area contributed by atoms with Gasteiger partial charge < -0.3 is 14.7 Å². The highest BCUT2D eigenvalue weighted by molar-refractivity contribution is 5.88. The summed E-state index contributed by atoms with van der Waals surface area (Å²) in [5.41, 5.74) is 1.38. The van der Waals surface area contributed by atoms with Crippen molar-refractivity contribution in [3.05, 3.63) is 29.8 Å². The van der Waals surface area contributed by atoms with Gasteiger partial charge in [0.25, 0.3) is 0 Å². The molecule has 4 heteroatoms. The van der Waals surface area contributed by atoms with Crippen molar-refractivity contribution in [1.82, 2.24) is 0 Å². The molecule has 92 valence electrons. The average Bonchev–Trinajstić information content (AvgIpc) is 2.28. The van der Waals surface area contributed by atoms with Crippen molar-refractivity contribution in [2.75, 3.05) is 18.0 Å². The molecule has 17 heavy (non-hydrogen) atoms. The second-order valence-corrected chi connectivity index (χ2v) is 4.51. The van der Waals surface area contributed by atoms with Crippen LogP contribution in [0.15, 0.2) is 24.3 Å². The molecule has 1 aromatic carbocycles. The van der Waals surface area contributed by atoms with Gasteiger partial charge in [0.2, 0.25) is 0 Å². The van der Waals surface area contributed by atoms with Gasteiger partial charge in [-0.1, -0.05) is 0 Å². The van der Waals surface area contributed by atoms with Gasteiger partial charge in [-0.2, -0.15) is 0 Å². The van der Waals surface area contributed by atoms with Crippen molar-refractivity contribution in [3.63, 3.8) is 0 Å². The molecule has 4 nitrogen and oxygen atoms in total. The molecule has 0 radical (unpaired) electrons. The summed E-state index contributed by atoms with van der Waals surface area (Å²) in [6, 6.07) is 6.99. The quantitative estimate of drug-likeness (QED) is 0.851. The molecule has 1 N–H and O–H groups in total. The molecular weight excluding hydrogens is 218 g/mol. The van der Waals surface area contributed by atoms with Crippen molar-refractivity contribution < 1.29 is 14.6 Å². The minimum absolute atomic E-state index is 0.206. The second kappa shape index (κ2) is 4.75. The Kier molecular flexibility index (Phi) is 3.33. The van der Waals surface area contributed by atoms with Crippen LogP contribution in [0.25, 0.3) is 0 Å². The number of hydrogen-bond donors (Lipinski definition) is 1. The summed E-state index contributed by atoms with van der Waals surface area (Å²) < 4.78 is 5.66. The van der Waals surface area contributed by atoms with Crippen LogP contribution in [0.3, 0.4) is 0 Å². The number of carbonyl (C=O) groups is 1. The van der Waals surface area contributed by atoms with Crippen LogP contribution in [0.5, 0.6) is 0 Å². The SMILES string of the molecule is C[C@H]1CN(c2ccc(C(=O)O)cc2)C[C@H](C)O1. The Morgan fingerprint density at radius 1 is 1.24 bits per heavy atom. The van der Waals surface area contributed by atoms with Crippen LogP contribution in [-0.4, -0.2) is 36.4 Å². The van der Waals surface area contributed by atoms with Crippen molar-refractivity contribution in [1.29, 1.82) is 0 Å². The molecule has 0 aromatic heterocycles. The van der Waals surface area contributed by atoms with Gasteiger partial charge in [-0.3, -0.25) is 0 Å². The normalized spacial score (nSPS) is 24.7. The number of hydrogen-bond acceptors (Lipinski definition) is 3. The molecule has 1 heterocycles. The first-order valence-corrected chi connectivity index (χ1v) is 5.80. The fourth-order valence-electron chi connectivity index (χ4n) is 2.20. The van der Waals surface area contributed by atoms with E-state index in [1.165, 1.54) is 0 Å². The molecule has 0 unspecified atom stereocenters. The lowest BCUT2D eigenvalue weighted by atomic mass is 10.1. The smallest absolute Gasteiger partial charge is 0.335 e. The molecule has 1 fully saturated rings. The number of benzene rings is 1. The van der Waals surface area contributed by atoms with Crippen LogP contribution in [0, 0.1) is 0 Å². The predicted octanol–water partition coefficient (Wildman–Crippen LogP) is 2.00. The highest BCUT2D eigenvalue weighted by atomic mass is 16.5. The summed E-state index contributed by atoms with van der Waals surface area (Å²) >= 11 is 0. The van der Waals surface area contributed by atoms with Crippen molar-refractivity contribution in [2.24, 2.45) is 0 Å². The molecule has 0 bridgehead atoms. The highest BCUT2D eigenvalue weighted by Crippen LogP contribution is 2.20. The molecule has 1 aliphatic heterocycles. The van der Waals surface area contributed by atoms with Crippen LogP contribution in [0.4, 0.5) is 5.69 Å². The molecular formula is C13H17NO3. The van der Waals surface area contributed by atoms with E-state index in [0.717, 1.165) is 18.8 Å². The van der Waals surface area contributed by atoms with E-state index in [1.807, 2.05) is 26.0 Å². The first-order chi connectivity index (χ1) is 8.06. The lowest BCUT2D eigenvalue weighted by Gasteiger charge is -2.36. The molecule has 0 aliphatic carbocycles. The van der Waals surface area contributed by atoms with E-state index in [9.17, 15) is 4.79 Å². The van der Waals surface area contributed by atoms with Gasteiger partial charge >= 0.3 is 5.97 Å². The number of morpholine rings is 1. The molecule has 1 saturated heterocycles. The lowest BCUT2D eigenvalue weighted by molar-refractivity contribution is -0.00522. The maximum absolute atomic E-state index is 10.8. The Labute approximate surface area is 101 Å². The van der Waals surface area contributed by atoms with Gasteiger partial charge in [0.15, 0.2) is 0 Å². The maximum Gasteiger partial charge on any atom is 0.335 e. The molecule has 0 saturated carbocycles.